The lowest BCUT2D eigenvalue weighted by Crippen LogP contribution is -2.63. The molecular formula is C16H27N3S. The molecule has 3 rings (SSSR count). The number of thiazole rings is 1. The first-order valence-corrected chi connectivity index (χ1v) is 8.76. The summed E-state index contributed by atoms with van der Waals surface area (Å²) in [5, 5.41) is 5.05. The van der Waals surface area contributed by atoms with E-state index in [0.717, 1.165) is 19.0 Å². The maximum Gasteiger partial charge on any atom is 0.107 e. The molecule has 20 heavy (non-hydrogen) atoms. The fraction of sp³-hybridized carbons (Fsp3) is 0.812. The number of rotatable bonds is 4. The van der Waals surface area contributed by atoms with E-state index in [1.54, 1.807) is 0 Å². The van der Waals surface area contributed by atoms with E-state index in [2.05, 4.69) is 37.9 Å². The molecule has 1 saturated carbocycles. The summed E-state index contributed by atoms with van der Waals surface area (Å²) in [5.41, 5.74) is 1.54. The smallest absolute Gasteiger partial charge is 0.107 e. The van der Waals surface area contributed by atoms with Gasteiger partial charge in [-0.2, -0.15) is 0 Å². The third-order valence-electron chi connectivity index (χ3n) is 5.26. The van der Waals surface area contributed by atoms with E-state index in [1.165, 1.54) is 41.4 Å². The summed E-state index contributed by atoms with van der Waals surface area (Å²) in [4.78, 5) is 8.84. The van der Waals surface area contributed by atoms with Crippen molar-refractivity contribution in [1.82, 2.24) is 15.2 Å². The number of hydrogen-bond donors (Lipinski definition) is 1. The summed E-state index contributed by atoms with van der Waals surface area (Å²) in [5.74, 6) is 0.884. The quantitative estimate of drug-likeness (QED) is 0.924. The van der Waals surface area contributed by atoms with E-state index in [9.17, 15) is 0 Å². The summed E-state index contributed by atoms with van der Waals surface area (Å²) in [6.45, 7) is 12.4. The van der Waals surface area contributed by atoms with Crippen LogP contribution in [0.15, 0.2) is 0 Å². The van der Waals surface area contributed by atoms with Crippen molar-refractivity contribution in [3.63, 3.8) is 0 Å². The van der Waals surface area contributed by atoms with E-state index < -0.39 is 0 Å². The molecule has 0 bridgehead atoms. The van der Waals surface area contributed by atoms with Gasteiger partial charge in [0, 0.05) is 29.5 Å². The normalized spacial score (nSPS) is 31.7. The number of piperazine rings is 1. The summed E-state index contributed by atoms with van der Waals surface area (Å²) < 4.78 is 0. The van der Waals surface area contributed by atoms with Crippen LogP contribution in [-0.4, -0.2) is 34.6 Å². The molecule has 1 aliphatic carbocycles. The molecule has 2 aliphatic rings. The molecule has 1 aliphatic heterocycles. The molecule has 2 atom stereocenters. The Bertz CT molecular complexity index is 461. The van der Waals surface area contributed by atoms with E-state index >= 15 is 0 Å². The van der Waals surface area contributed by atoms with Crippen LogP contribution in [0.1, 0.15) is 48.7 Å². The van der Waals surface area contributed by atoms with Gasteiger partial charge in [0.1, 0.15) is 5.01 Å². The van der Waals surface area contributed by atoms with E-state index in [1.807, 2.05) is 11.3 Å². The Morgan fingerprint density at radius 2 is 2.15 bits per heavy atom. The lowest BCUT2D eigenvalue weighted by Gasteiger charge is -2.48. The first-order valence-electron chi connectivity index (χ1n) is 7.94. The molecule has 4 heteroatoms. The molecule has 1 saturated heterocycles. The van der Waals surface area contributed by atoms with Gasteiger partial charge in [-0.1, -0.05) is 6.92 Å². The first kappa shape index (κ1) is 14.5. The summed E-state index contributed by atoms with van der Waals surface area (Å²) in [6.07, 6.45) is 4.02. The Morgan fingerprint density at radius 1 is 1.40 bits per heavy atom. The van der Waals surface area contributed by atoms with Gasteiger partial charge in [0.05, 0.1) is 12.2 Å². The van der Waals surface area contributed by atoms with Crippen molar-refractivity contribution in [3.05, 3.63) is 15.6 Å². The minimum atomic E-state index is 0.332. The number of nitrogens with zero attached hydrogens (tertiary/aromatic N) is 2. The van der Waals surface area contributed by atoms with Gasteiger partial charge in [-0.25, -0.2) is 4.98 Å². The highest BCUT2D eigenvalue weighted by Gasteiger charge is 2.48. The predicted molar refractivity (Wildman–Crippen MR) is 85.2 cm³/mol. The summed E-state index contributed by atoms with van der Waals surface area (Å²) in [7, 11) is 0. The van der Waals surface area contributed by atoms with Crippen LogP contribution < -0.4 is 5.32 Å². The Kier molecular flexibility index (Phi) is 3.91. The third kappa shape index (κ3) is 2.66. The van der Waals surface area contributed by atoms with Gasteiger partial charge in [-0.15, -0.1) is 11.3 Å². The van der Waals surface area contributed by atoms with Crippen LogP contribution in [-0.2, 0) is 6.54 Å². The molecule has 2 heterocycles. The SMILES string of the molecule is CCC1CN(Cc2nc(C)c(C)s2)C(C)(C2CC2)CN1. The second-order valence-corrected chi connectivity index (χ2v) is 8.03. The fourth-order valence-electron chi connectivity index (χ4n) is 3.40. The molecule has 1 aromatic heterocycles. The van der Waals surface area contributed by atoms with Crippen molar-refractivity contribution in [2.45, 2.75) is 65.1 Å². The molecule has 0 amide bonds. The Hall–Kier alpha value is -0.450. The zero-order valence-corrected chi connectivity index (χ0v) is 14.0. The zero-order chi connectivity index (χ0) is 14.3. The van der Waals surface area contributed by atoms with Gasteiger partial charge in [0.2, 0.25) is 0 Å². The summed E-state index contributed by atoms with van der Waals surface area (Å²) in [6, 6.07) is 0.643. The van der Waals surface area contributed by atoms with Crippen LogP contribution in [0.3, 0.4) is 0 Å². The van der Waals surface area contributed by atoms with E-state index in [0.29, 0.717) is 11.6 Å². The standard InChI is InChI=1S/C16H27N3S/c1-5-14-8-19(9-15-18-11(2)12(3)20-15)16(4,10-17-14)13-6-7-13/h13-14,17H,5-10H2,1-4H3. The molecule has 112 valence electrons. The van der Waals surface area contributed by atoms with Crippen LogP contribution >= 0.6 is 11.3 Å². The van der Waals surface area contributed by atoms with Crippen LogP contribution in [0.25, 0.3) is 0 Å². The van der Waals surface area contributed by atoms with E-state index in [4.69, 9.17) is 4.98 Å². The molecule has 0 radical (unpaired) electrons. The van der Waals surface area contributed by atoms with Crippen molar-refractivity contribution in [2.75, 3.05) is 13.1 Å². The zero-order valence-electron chi connectivity index (χ0n) is 13.2. The molecule has 2 fully saturated rings. The molecule has 2 unspecified atom stereocenters. The minimum absolute atomic E-state index is 0.332. The molecule has 0 aromatic carbocycles. The monoisotopic (exact) mass is 293 g/mol. The van der Waals surface area contributed by atoms with Gasteiger partial charge < -0.3 is 5.32 Å². The molecule has 3 nitrogen and oxygen atoms in total. The fourth-order valence-corrected chi connectivity index (χ4v) is 4.35. The number of aromatic nitrogens is 1. The maximum absolute atomic E-state index is 4.76. The Balaban J connectivity index is 1.78. The van der Waals surface area contributed by atoms with Gasteiger partial charge in [0.25, 0.3) is 0 Å². The van der Waals surface area contributed by atoms with Crippen molar-refractivity contribution in [2.24, 2.45) is 5.92 Å². The lowest BCUT2D eigenvalue weighted by molar-refractivity contribution is 0.0270. The molecule has 1 N–H and O–H groups in total. The number of nitrogens with one attached hydrogen (secondary N) is 1. The Labute approximate surface area is 126 Å². The molecular weight excluding hydrogens is 266 g/mol. The van der Waals surface area contributed by atoms with Crippen LogP contribution in [0.5, 0.6) is 0 Å². The first-order chi connectivity index (χ1) is 9.53. The second kappa shape index (κ2) is 5.39. The largest absolute Gasteiger partial charge is 0.311 e. The van der Waals surface area contributed by atoms with Crippen molar-refractivity contribution in [1.29, 1.82) is 0 Å². The van der Waals surface area contributed by atoms with Crippen molar-refractivity contribution < 1.29 is 0 Å². The van der Waals surface area contributed by atoms with Crippen LogP contribution in [0, 0.1) is 19.8 Å². The second-order valence-electron chi connectivity index (χ2n) is 6.75. The number of hydrogen-bond acceptors (Lipinski definition) is 4. The highest BCUT2D eigenvalue weighted by molar-refractivity contribution is 7.11. The number of aryl methyl sites for hydroxylation is 2. The predicted octanol–water partition coefficient (Wildman–Crippen LogP) is 3.11. The van der Waals surface area contributed by atoms with Crippen molar-refractivity contribution >= 4 is 11.3 Å². The maximum atomic E-state index is 4.76. The van der Waals surface area contributed by atoms with Gasteiger partial charge in [-0.05, 0) is 46.0 Å². The average Bonchev–Trinajstić information content (AvgIpc) is 3.21. The van der Waals surface area contributed by atoms with Crippen LogP contribution in [0.4, 0.5) is 0 Å². The van der Waals surface area contributed by atoms with Crippen molar-refractivity contribution in [3.8, 4) is 0 Å². The van der Waals surface area contributed by atoms with Gasteiger partial charge in [0.15, 0.2) is 0 Å². The van der Waals surface area contributed by atoms with Gasteiger partial charge in [-0.3, -0.25) is 4.90 Å². The van der Waals surface area contributed by atoms with Gasteiger partial charge >= 0.3 is 0 Å². The highest BCUT2D eigenvalue weighted by atomic mass is 32.1. The molecule has 0 spiro atoms. The molecule has 1 aromatic rings. The average molecular weight is 293 g/mol. The third-order valence-corrected chi connectivity index (χ3v) is 6.32. The lowest BCUT2D eigenvalue weighted by atomic mass is 9.89. The van der Waals surface area contributed by atoms with E-state index in [-0.39, 0.29) is 0 Å². The Morgan fingerprint density at radius 3 is 2.70 bits per heavy atom. The topological polar surface area (TPSA) is 28.2 Å². The highest BCUT2D eigenvalue weighted by Crippen LogP contribution is 2.44. The summed E-state index contributed by atoms with van der Waals surface area (Å²) >= 11 is 1.88. The minimum Gasteiger partial charge on any atom is -0.311 e. The van der Waals surface area contributed by atoms with Crippen LogP contribution in [0.2, 0.25) is 0 Å².